The number of urea groups is 1. The van der Waals surface area contributed by atoms with E-state index >= 15 is 0 Å². The number of carboxylic acid groups (broad SMARTS) is 1. The van der Waals surface area contributed by atoms with Crippen molar-refractivity contribution in [3.63, 3.8) is 0 Å². The highest BCUT2D eigenvalue weighted by Crippen LogP contribution is 2.24. The summed E-state index contributed by atoms with van der Waals surface area (Å²) in [5.41, 5.74) is -0.313. The molecule has 0 aliphatic heterocycles. The Morgan fingerprint density at radius 2 is 1.95 bits per heavy atom. The van der Waals surface area contributed by atoms with Crippen molar-refractivity contribution in [1.29, 1.82) is 0 Å². The SMILES string of the molecule is CC(C)C(C)(C)CNC(=O)Nc1ccc(F)cc1C(=O)O. The first kappa shape index (κ1) is 16.9. The van der Waals surface area contributed by atoms with E-state index in [4.69, 9.17) is 5.11 Å². The van der Waals surface area contributed by atoms with Gasteiger partial charge in [-0.05, 0) is 29.5 Å². The highest BCUT2D eigenvalue weighted by Gasteiger charge is 2.23. The van der Waals surface area contributed by atoms with Crippen LogP contribution in [0.5, 0.6) is 0 Å². The van der Waals surface area contributed by atoms with Gasteiger partial charge in [0.25, 0.3) is 0 Å². The smallest absolute Gasteiger partial charge is 0.337 e. The van der Waals surface area contributed by atoms with Gasteiger partial charge in [-0.15, -0.1) is 0 Å². The Labute approximate surface area is 123 Å². The van der Waals surface area contributed by atoms with Gasteiger partial charge in [-0.3, -0.25) is 0 Å². The van der Waals surface area contributed by atoms with Crippen LogP contribution in [0, 0.1) is 17.2 Å². The number of anilines is 1. The van der Waals surface area contributed by atoms with E-state index in [9.17, 15) is 14.0 Å². The first-order valence-corrected chi connectivity index (χ1v) is 6.71. The zero-order chi connectivity index (χ0) is 16.2. The van der Waals surface area contributed by atoms with Crippen molar-refractivity contribution in [3.05, 3.63) is 29.6 Å². The molecule has 116 valence electrons. The lowest BCUT2D eigenvalue weighted by molar-refractivity contribution is 0.0697. The summed E-state index contributed by atoms with van der Waals surface area (Å²) in [6.45, 7) is 8.61. The quantitative estimate of drug-likeness (QED) is 0.780. The summed E-state index contributed by atoms with van der Waals surface area (Å²) in [6.07, 6.45) is 0. The van der Waals surface area contributed by atoms with Gasteiger partial charge in [0.2, 0.25) is 0 Å². The van der Waals surface area contributed by atoms with Crippen molar-refractivity contribution in [3.8, 4) is 0 Å². The lowest BCUT2D eigenvalue weighted by Gasteiger charge is -2.29. The van der Waals surface area contributed by atoms with E-state index in [1.54, 1.807) is 0 Å². The molecule has 0 unspecified atom stereocenters. The Kier molecular flexibility index (Phi) is 5.29. The third kappa shape index (κ3) is 4.73. The molecule has 0 fully saturated rings. The number of benzene rings is 1. The maximum absolute atomic E-state index is 13.0. The number of amides is 2. The third-order valence-corrected chi connectivity index (χ3v) is 3.73. The van der Waals surface area contributed by atoms with Crippen molar-refractivity contribution in [2.45, 2.75) is 27.7 Å². The average Bonchev–Trinajstić information content (AvgIpc) is 2.38. The normalized spacial score (nSPS) is 11.3. The molecule has 0 heterocycles. The molecule has 0 atom stereocenters. The second kappa shape index (κ2) is 6.56. The van der Waals surface area contributed by atoms with Crippen LogP contribution in [0.2, 0.25) is 0 Å². The average molecular weight is 296 g/mol. The van der Waals surface area contributed by atoms with Gasteiger partial charge in [0.15, 0.2) is 0 Å². The molecule has 0 saturated heterocycles. The Balaban J connectivity index is 2.74. The van der Waals surface area contributed by atoms with Crippen molar-refractivity contribution >= 4 is 17.7 Å². The minimum Gasteiger partial charge on any atom is -0.478 e. The van der Waals surface area contributed by atoms with E-state index in [0.29, 0.717) is 12.5 Å². The van der Waals surface area contributed by atoms with E-state index in [-0.39, 0.29) is 16.7 Å². The van der Waals surface area contributed by atoms with E-state index in [0.717, 1.165) is 12.1 Å². The van der Waals surface area contributed by atoms with Crippen LogP contribution in [0.25, 0.3) is 0 Å². The minimum absolute atomic E-state index is 0.0590. The summed E-state index contributed by atoms with van der Waals surface area (Å²) < 4.78 is 13.0. The molecule has 0 aliphatic carbocycles. The first-order valence-electron chi connectivity index (χ1n) is 6.71. The van der Waals surface area contributed by atoms with Gasteiger partial charge in [0, 0.05) is 6.54 Å². The summed E-state index contributed by atoms with van der Waals surface area (Å²) in [6, 6.07) is 2.68. The second-order valence-corrected chi connectivity index (χ2v) is 5.95. The van der Waals surface area contributed by atoms with E-state index in [1.807, 2.05) is 13.8 Å². The fraction of sp³-hybridized carbons (Fsp3) is 0.467. The molecule has 0 radical (unpaired) electrons. The standard InChI is InChI=1S/C15H21FN2O3/c1-9(2)15(3,4)8-17-14(21)18-12-6-5-10(16)7-11(12)13(19)20/h5-7,9H,8H2,1-4H3,(H,19,20)(H2,17,18,21). The Morgan fingerprint density at radius 3 is 2.48 bits per heavy atom. The number of carboxylic acids is 1. The molecule has 0 aromatic heterocycles. The monoisotopic (exact) mass is 296 g/mol. The van der Waals surface area contributed by atoms with Crippen molar-refractivity contribution in [1.82, 2.24) is 5.32 Å². The number of aromatic carboxylic acids is 1. The zero-order valence-corrected chi connectivity index (χ0v) is 12.7. The molecule has 0 bridgehead atoms. The Bertz CT molecular complexity index is 542. The van der Waals surface area contributed by atoms with Gasteiger partial charge in [0.1, 0.15) is 5.82 Å². The van der Waals surface area contributed by atoms with E-state index in [2.05, 4.69) is 24.5 Å². The van der Waals surface area contributed by atoms with Crippen LogP contribution < -0.4 is 10.6 Å². The molecule has 21 heavy (non-hydrogen) atoms. The van der Waals surface area contributed by atoms with Gasteiger partial charge in [0.05, 0.1) is 11.3 Å². The zero-order valence-electron chi connectivity index (χ0n) is 12.7. The highest BCUT2D eigenvalue weighted by molar-refractivity contribution is 5.99. The number of nitrogens with one attached hydrogen (secondary N) is 2. The summed E-state index contributed by atoms with van der Waals surface area (Å²) >= 11 is 0. The van der Waals surface area contributed by atoms with E-state index in [1.165, 1.54) is 6.07 Å². The van der Waals surface area contributed by atoms with Gasteiger partial charge < -0.3 is 15.7 Å². The lowest BCUT2D eigenvalue weighted by atomic mass is 9.81. The molecule has 5 nitrogen and oxygen atoms in total. The number of carbonyl (C=O) groups excluding carboxylic acids is 1. The van der Waals surface area contributed by atoms with Crippen LogP contribution in [-0.2, 0) is 0 Å². The molecule has 1 aromatic rings. The van der Waals surface area contributed by atoms with Gasteiger partial charge in [-0.2, -0.15) is 0 Å². The Morgan fingerprint density at radius 1 is 1.33 bits per heavy atom. The number of carbonyl (C=O) groups is 2. The van der Waals surface area contributed by atoms with Gasteiger partial charge in [-0.25, -0.2) is 14.0 Å². The summed E-state index contributed by atoms with van der Waals surface area (Å²) in [5, 5.41) is 14.1. The molecule has 6 heteroatoms. The summed E-state index contributed by atoms with van der Waals surface area (Å²) in [5.74, 6) is -1.59. The molecule has 1 rings (SSSR count). The van der Waals surface area contributed by atoms with E-state index < -0.39 is 17.8 Å². The maximum atomic E-state index is 13.0. The largest absolute Gasteiger partial charge is 0.478 e. The molecule has 0 saturated carbocycles. The minimum atomic E-state index is -1.30. The molecule has 3 N–H and O–H groups in total. The van der Waals surface area contributed by atoms with Crippen molar-refractivity contribution < 1.29 is 19.1 Å². The van der Waals surface area contributed by atoms with Crippen LogP contribution in [0.15, 0.2) is 18.2 Å². The Hall–Kier alpha value is -2.11. The third-order valence-electron chi connectivity index (χ3n) is 3.73. The summed E-state index contributed by atoms with van der Waals surface area (Å²) in [7, 11) is 0. The number of hydrogen-bond donors (Lipinski definition) is 3. The van der Waals surface area contributed by atoms with Crippen LogP contribution in [0.1, 0.15) is 38.1 Å². The maximum Gasteiger partial charge on any atom is 0.337 e. The highest BCUT2D eigenvalue weighted by atomic mass is 19.1. The number of rotatable bonds is 5. The molecule has 1 aromatic carbocycles. The predicted molar refractivity (Wildman–Crippen MR) is 79.0 cm³/mol. The summed E-state index contributed by atoms with van der Waals surface area (Å²) in [4.78, 5) is 22.9. The first-order chi connectivity index (χ1) is 9.63. The lowest BCUT2D eigenvalue weighted by Crippen LogP contribution is -2.39. The van der Waals surface area contributed by atoms with Gasteiger partial charge >= 0.3 is 12.0 Å². The van der Waals surface area contributed by atoms with Crippen molar-refractivity contribution in [2.24, 2.45) is 11.3 Å². The number of halogens is 1. The van der Waals surface area contributed by atoms with Gasteiger partial charge in [-0.1, -0.05) is 27.7 Å². The van der Waals surface area contributed by atoms with Crippen molar-refractivity contribution in [2.75, 3.05) is 11.9 Å². The van der Waals surface area contributed by atoms with Crippen LogP contribution in [0.4, 0.5) is 14.9 Å². The fourth-order valence-electron chi connectivity index (χ4n) is 1.48. The molecule has 2 amide bonds. The van der Waals surface area contributed by atoms with Crippen LogP contribution >= 0.6 is 0 Å². The molecule has 0 spiro atoms. The predicted octanol–water partition coefficient (Wildman–Crippen LogP) is 3.33. The topological polar surface area (TPSA) is 78.4 Å². The fourth-order valence-corrected chi connectivity index (χ4v) is 1.48. The second-order valence-electron chi connectivity index (χ2n) is 5.95. The van der Waals surface area contributed by atoms with Crippen LogP contribution in [0.3, 0.4) is 0 Å². The molecular formula is C15H21FN2O3. The van der Waals surface area contributed by atoms with Crippen LogP contribution in [-0.4, -0.2) is 23.7 Å². The number of hydrogen-bond acceptors (Lipinski definition) is 2. The molecule has 0 aliphatic rings. The molecular weight excluding hydrogens is 275 g/mol.